The van der Waals surface area contributed by atoms with Crippen LogP contribution in [0.15, 0.2) is 24.3 Å². The van der Waals surface area contributed by atoms with Crippen molar-refractivity contribution in [2.24, 2.45) is 0 Å². The Morgan fingerprint density at radius 3 is 0.937 bits per heavy atom. The molecule has 0 aliphatic carbocycles. The molecule has 0 bridgehead atoms. The van der Waals surface area contributed by atoms with Crippen molar-refractivity contribution in [1.82, 2.24) is 5.32 Å². The topological polar surface area (TPSA) is 95.9 Å². The second-order valence-corrected chi connectivity index (χ2v) is 24.9. The SMILES string of the molecule is CCCC/C=C\CCCCCCCC(=O)OCCCCCCCCCCCCCC/C=C\CCCCCCCCCCCCCCCCCCC(=O)NC(CO)C(O)CCCCCCCCCCCCCCCCCCCCC. The number of hydrogen-bond acceptors (Lipinski definition) is 5. The highest BCUT2D eigenvalue weighted by molar-refractivity contribution is 5.76. The second-order valence-electron chi connectivity index (χ2n) is 24.9. The predicted octanol–water partition coefficient (Wildman–Crippen LogP) is 23.3. The highest BCUT2D eigenvalue weighted by Crippen LogP contribution is 2.19. The van der Waals surface area contributed by atoms with Crippen LogP contribution in [0.1, 0.15) is 406 Å². The number of carbonyl (C=O) groups is 2. The van der Waals surface area contributed by atoms with Gasteiger partial charge >= 0.3 is 5.97 Å². The van der Waals surface area contributed by atoms with E-state index < -0.39 is 12.1 Å². The molecule has 0 aromatic heterocycles. The van der Waals surface area contributed by atoms with Crippen LogP contribution in [-0.4, -0.2) is 47.4 Å². The molecule has 0 rings (SSSR count). The van der Waals surface area contributed by atoms with Gasteiger partial charge in [0.05, 0.1) is 25.4 Å². The highest BCUT2D eigenvalue weighted by Gasteiger charge is 2.20. The second kappa shape index (κ2) is 68.8. The Labute approximate surface area is 494 Å². The van der Waals surface area contributed by atoms with Crippen molar-refractivity contribution >= 4 is 11.9 Å². The van der Waals surface area contributed by atoms with Gasteiger partial charge in [-0.25, -0.2) is 0 Å². The fraction of sp³-hybridized carbons (Fsp3) is 0.918. The number of rotatable bonds is 68. The van der Waals surface area contributed by atoms with E-state index in [1.807, 2.05) is 0 Å². The van der Waals surface area contributed by atoms with E-state index in [2.05, 4.69) is 43.5 Å². The molecule has 0 aromatic rings. The summed E-state index contributed by atoms with van der Waals surface area (Å²) in [7, 11) is 0. The predicted molar refractivity (Wildman–Crippen MR) is 347 cm³/mol. The monoisotopic (exact) mass is 1110 g/mol. The normalized spacial score (nSPS) is 12.6. The molecular formula is C73H141NO5. The third-order valence-corrected chi connectivity index (χ3v) is 17.0. The molecule has 0 heterocycles. The van der Waals surface area contributed by atoms with Gasteiger partial charge in [0, 0.05) is 12.8 Å². The first-order chi connectivity index (χ1) is 39.0. The first kappa shape index (κ1) is 77.3. The van der Waals surface area contributed by atoms with Crippen molar-refractivity contribution in [2.75, 3.05) is 13.2 Å². The molecule has 0 radical (unpaired) electrons. The summed E-state index contributed by atoms with van der Waals surface area (Å²) in [4.78, 5) is 24.5. The lowest BCUT2D eigenvalue weighted by molar-refractivity contribution is -0.143. The van der Waals surface area contributed by atoms with E-state index >= 15 is 0 Å². The number of esters is 1. The summed E-state index contributed by atoms with van der Waals surface area (Å²) < 4.78 is 5.47. The fourth-order valence-electron chi connectivity index (χ4n) is 11.4. The number of aliphatic hydroxyl groups excluding tert-OH is 2. The number of carbonyl (C=O) groups excluding carboxylic acids is 2. The largest absolute Gasteiger partial charge is 0.466 e. The molecular weight excluding hydrogens is 971 g/mol. The maximum absolute atomic E-state index is 12.5. The molecule has 6 heteroatoms. The minimum absolute atomic E-state index is 0.00763. The number of aliphatic hydroxyl groups is 2. The molecule has 0 saturated heterocycles. The minimum atomic E-state index is -0.663. The lowest BCUT2D eigenvalue weighted by Crippen LogP contribution is -2.45. The Hall–Kier alpha value is -1.66. The minimum Gasteiger partial charge on any atom is -0.466 e. The van der Waals surface area contributed by atoms with E-state index in [0.29, 0.717) is 25.9 Å². The molecule has 2 atom stereocenters. The molecule has 0 fully saturated rings. The Morgan fingerprint density at radius 1 is 0.342 bits per heavy atom. The van der Waals surface area contributed by atoms with Gasteiger partial charge in [-0.15, -0.1) is 0 Å². The number of unbranched alkanes of at least 4 members (excludes halogenated alkanes) is 53. The summed E-state index contributed by atoms with van der Waals surface area (Å²) in [6, 6.07) is -0.540. The van der Waals surface area contributed by atoms with Gasteiger partial charge in [-0.2, -0.15) is 0 Å². The van der Waals surface area contributed by atoms with Gasteiger partial charge in [0.15, 0.2) is 0 Å². The van der Waals surface area contributed by atoms with Crippen molar-refractivity contribution < 1.29 is 24.5 Å². The van der Waals surface area contributed by atoms with Crippen LogP contribution in [0.4, 0.5) is 0 Å². The van der Waals surface area contributed by atoms with Gasteiger partial charge in [0.1, 0.15) is 0 Å². The molecule has 0 aromatic carbocycles. The number of allylic oxidation sites excluding steroid dienone is 4. The average Bonchev–Trinajstić information content (AvgIpc) is 3.45. The lowest BCUT2D eigenvalue weighted by atomic mass is 10.0. The zero-order chi connectivity index (χ0) is 57.1. The first-order valence-corrected chi connectivity index (χ1v) is 36.1. The molecule has 0 aliphatic heterocycles. The third-order valence-electron chi connectivity index (χ3n) is 17.0. The van der Waals surface area contributed by atoms with Crippen molar-refractivity contribution in [1.29, 1.82) is 0 Å². The zero-order valence-corrected chi connectivity index (χ0v) is 53.6. The van der Waals surface area contributed by atoms with Crippen LogP contribution in [0.25, 0.3) is 0 Å². The van der Waals surface area contributed by atoms with Gasteiger partial charge in [-0.3, -0.25) is 9.59 Å². The molecule has 6 nitrogen and oxygen atoms in total. The van der Waals surface area contributed by atoms with E-state index in [-0.39, 0.29) is 18.5 Å². The first-order valence-electron chi connectivity index (χ1n) is 36.1. The molecule has 79 heavy (non-hydrogen) atoms. The van der Waals surface area contributed by atoms with Gasteiger partial charge in [-0.1, -0.05) is 346 Å². The van der Waals surface area contributed by atoms with Crippen LogP contribution in [0.5, 0.6) is 0 Å². The maximum atomic E-state index is 12.5. The summed E-state index contributed by atoms with van der Waals surface area (Å²) >= 11 is 0. The van der Waals surface area contributed by atoms with Crippen LogP contribution in [0, 0.1) is 0 Å². The summed E-state index contributed by atoms with van der Waals surface area (Å²) in [6.45, 7) is 4.95. The Kier molecular flexibility index (Phi) is 67.4. The third kappa shape index (κ3) is 65.4. The summed E-state index contributed by atoms with van der Waals surface area (Å²) in [5, 5.41) is 23.4. The number of hydrogen-bond donors (Lipinski definition) is 3. The highest BCUT2D eigenvalue weighted by atomic mass is 16.5. The number of ether oxygens (including phenoxy) is 1. The van der Waals surface area contributed by atoms with Gasteiger partial charge in [0.25, 0.3) is 0 Å². The Morgan fingerprint density at radius 2 is 0.608 bits per heavy atom. The van der Waals surface area contributed by atoms with Crippen LogP contribution < -0.4 is 5.32 Å². The van der Waals surface area contributed by atoms with Crippen LogP contribution in [0.3, 0.4) is 0 Å². The Bertz CT molecular complexity index is 1230. The van der Waals surface area contributed by atoms with E-state index in [1.165, 1.54) is 327 Å². The van der Waals surface area contributed by atoms with E-state index in [0.717, 1.165) is 44.9 Å². The van der Waals surface area contributed by atoms with Crippen LogP contribution in [-0.2, 0) is 14.3 Å². The lowest BCUT2D eigenvalue weighted by Gasteiger charge is -2.22. The molecule has 0 saturated carbocycles. The van der Waals surface area contributed by atoms with Crippen molar-refractivity contribution in [3.05, 3.63) is 24.3 Å². The van der Waals surface area contributed by atoms with E-state index in [9.17, 15) is 19.8 Å². The van der Waals surface area contributed by atoms with Gasteiger partial charge in [0.2, 0.25) is 5.91 Å². The maximum Gasteiger partial charge on any atom is 0.305 e. The summed E-state index contributed by atoms with van der Waals surface area (Å²) in [6.07, 6.45) is 86.7. The quantitative estimate of drug-likeness (QED) is 0.0320. The molecule has 0 spiro atoms. The summed E-state index contributed by atoms with van der Waals surface area (Å²) in [5.41, 5.74) is 0. The molecule has 0 aliphatic rings. The zero-order valence-electron chi connectivity index (χ0n) is 53.6. The fourth-order valence-corrected chi connectivity index (χ4v) is 11.4. The van der Waals surface area contributed by atoms with E-state index in [1.54, 1.807) is 0 Å². The van der Waals surface area contributed by atoms with Crippen LogP contribution >= 0.6 is 0 Å². The van der Waals surface area contributed by atoms with Gasteiger partial charge in [-0.05, 0) is 70.6 Å². The number of amides is 1. The van der Waals surface area contributed by atoms with Crippen molar-refractivity contribution in [3.8, 4) is 0 Å². The van der Waals surface area contributed by atoms with Crippen molar-refractivity contribution in [2.45, 2.75) is 418 Å². The summed E-state index contributed by atoms with van der Waals surface area (Å²) in [5.74, 6) is -0.0204. The molecule has 3 N–H and O–H groups in total. The van der Waals surface area contributed by atoms with Crippen molar-refractivity contribution in [3.63, 3.8) is 0 Å². The van der Waals surface area contributed by atoms with Gasteiger partial charge < -0.3 is 20.3 Å². The molecule has 2 unspecified atom stereocenters. The molecule has 1 amide bonds. The smallest absolute Gasteiger partial charge is 0.305 e. The number of nitrogens with one attached hydrogen (secondary N) is 1. The average molecular weight is 1110 g/mol. The van der Waals surface area contributed by atoms with E-state index in [4.69, 9.17) is 4.74 Å². The van der Waals surface area contributed by atoms with Crippen LogP contribution in [0.2, 0.25) is 0 Å². The Balaban J connectivity index is 3.36. The standard InChI is InChI=1S/C73H141NO5/c1-3-5-7-9-11-13-15-16-17-18-33-36-39-42-46-49-53-57-61-65-71(76)70(69-75)74-72(77)66-62-58-54-50-47-43-40-37-34-31-29-27-25-23-21-19-20-22-24-26-28-30-32-35-38-41-44-48-52-56-60-64-68-79-73(78)67-63-59-55-51-45-14-12-10-8-6-4-2/h10,12,22,24,70-71,75-76H,3-9,11,13-21,23,25-69H2,1-2H3,(H,74,77)/b12-10-,24-22-. The molecule has 468 valence electrons.